The molecule has 2 aromatic carbocycles. The second-order valence-electron chi connectivity index (χ2n) is 9.68. The van der Waals surface area contributed by atoms with Gasteiger partial charge in [-0.05, 0) is 64.3 Å². The Bertz CT molecular complexity index is 1320. The molecule has 8 heteroatoms. The summed E-state index contributed by atoms with van der Waals surface area (Å²) in [5.74, 6) is 1.23. The van der Waals surface area contributed by atoms with Gasteiger partial charge >= 0.3 is 0 Å². The fourth-order valence-electron chi connectivity index (χ4n) is 4.23. The number of hydrogen-bond donors (Lipinski definition) is 1. The molecule has 1 atom stereocenters. The van der Waals surface area contributed by atoms with Crippen molar-refractivity contribution in [1.82, 2.24) is 0 Å². The number of aromatic hydroxyl groups is 1. The van der Waals surface area contributed by atoms with Crippen molar-refractivity contribution in [3.8, 4) is 28.6 Å². The minimum Gasteiger partial charge on any atom is -0.507 e. The number of rotatable bonds is 12. The van der Waals surface area contributed by atoms with Crippen molar-refractivity contribution < 1.29 is 33.2 Å². The van der Waals surface area contributed by atoms with Gasteiger partial charge in [-0.2, -0.15) is 0 Å². The van der Waals surface area contributed by atoms with Crippen molar-refractivity contribution in [2.45, 2.75) is 51.7 Å². The highest BCUT2D eigenvalue weighted by Crippen LogP contribution is 2.40. The van der Waals surface area contributed by atoms with Crippen LogP contribution >= 0.6 is 0 Å². The van der Waals surface area contributed by atoms with Crippen LogP contribution in [0.5, 0.6) is 17.2 Å². The van der Waals surface area contributed by atoms with Crippen LogP contribution in [0, 0.1) is 0 Å². The summed E-state index contributed by atoms with van der Waals surface area (Å²) in [7, 11) is 3.07. The van der Waals surface area contributed by atoms with Crippen LogP contribution in [0.25, 0.3) is 22.3 Å². The van der Waals surface area contributed by atoms with E-state index in [1.54, 1.807) is 37.4 Å². The number of phenols is 1. The van der Waals surface area contributed by atoms with Crippen molar-refractivity contribution in [2.24, 2.45) is 0 Å². The Morgan fingerprint density at radius 1 is 1.08 bits per heavy atom. The molecule has 0 bridgehead atoms. The smallest absolute Gasteiger partial charge is 0.197 e. The average Bonchev–Trinajstić information content (AvgIpc) is 3.50. The highest BCUT2D eigenvalue weighted by molar-refractivity contribution is 5.88. The minimum absolute atomic E-state index is 0.0123. The summed E-state index contributed by atoms with van der Waals surface area (Å²) in [5.41, 5.74) is 2.21. The van der Waals surface area contributed by atoms with Crippen molar-refractivity contribution in [2.75, 3.05) is 27.8 Å². The van der Waals surface area contributed by atoms with Gasteiger partial charge in [0.15, 0.2) is 19.0 Å². The van der Waals surface area contributed by atoms with E-state index in [2.05, 4.69) is 20.8 Å². The van der Waals surface area contributed by atoms with Gasteiger partial charge in [-0.15, -0.1) is 0 Å². The first-order valence-electron chi connectivity index (χ1n) is 12.2. The largest absolute Gasteiger partial charge is 0.507 e. The SMILES string of the molecule is COCOc1ccc(-c2cc(=O)c3c(O)c(C/C=C(/C)CC[C@H]4OC4(C)C)c(OCOC)cc3o2)cc1. The van der Waals surface area contributed by atoms with E-state index in [1.165, 1.54) is 18.7 Å². The Morgan fingerprint density at radius 2 is 1.76 bits per heavy atom. The number of benzene rings is 2. The molecular weight excluding hydrogens is 476 g/mol. The van der Waals surface area contributed by atoms with E-state index in [0.29, 0.717) is 34.8 Å². The van der Waals surface area contributed by atoms with Gasteiger partial charge in [-0.3, -0.25) is 4.79 Å². The van der Waals surface area contributed by atoms with Gasteiger partial charge in [0.2, 0.25) is 0 Å². The van der Waals surface area contributed by atoms with Crippen molar-refractivity contribution in [1.29, 1.82) is 0 Å². The van der Waals surface area contributed by atoms with Gasteiger partial charge in [0.05, 0.1) is 11.7 Å². The first-order chi connectivity index (χ1) is 17.7. The number of allylic oxidation sites excluding steroid dienone is 2. The standard InChI is InChI=1S/C29H34O8/c1-18(7-13-26-29(2,3)37-26)6-12-21-24(35-17-33-5)15-25-27(28(21)31)22(30)14-23(36-25)19-8-10-20(11-9-19)34-16-32-4/h6,8-11,14-15,26,31H,7,12-13,16-17H2,1-5H3/b18-6-/t26-/m1/s1. The monoisotopic (exact) mass is 510 g/mol. The quantitative estimate of drug-likeness (QED) is 0.192. The lowest BCUT2D eigenvalue weighted by Crippen LogP contribution is -2.06. The normalized spacial score (nSPS) is 16.7. The number of hydrogen-bond acceptors (Lipinski definition) is 8. The maximum atomic E-state index is 13.1. The number of epoxide rings is 1. The molecule has 0 unspecified atom stereocenters. The lowest BCUT2D eigenvalue weighted by Gasteiger charge is -2.14. The molecule has 1 aliphatic heterocycles. The zero-order chi connectivity index (χ0) is 26.6. The fraction of sp³-hybridized carbons (Fsp3) is 0.414. The lowest BCUT2D eigenvalue weighted by molar-refractivity contribution is 0.0504. The molecule has 1 aliphatic rings. The van der Waals surface area contributed by atoms with Gasteiger partial charge in [-0.1, -0.05) is 11.6 Å². The van der Waals surface area contributed by atoms with Crippen LogP contribution < -0.4 is 14.9 Å². The average molecular weight is 511 g/mol. The maximum Gasteiger partial charge on any atom is 0.197 e. The topological polar surface area (TPSA) is 99.9 Å². The Morgan fingerprint density at radius 3 is 2.41 bits per heavy atom. The zero-order valence-corrected chi connectivity index (χ0v) is 22.0. The molecule has 0 amide bonds. The molecule has 0 aliphatic carbocycles. The molecule has 198 valence electrons. The summed E-state index contributed by atoms with van der Waals surface area (Å²) in [6.45, 7) is 6.36. The second kappa shape index (κ2) is 11.4. The molecule has 1 N–H and O–H groups in total. The zero-order valence-electron chi connectivity index (χ0n) is 22.0. The van der Waals surface area contributed by atoms with Gasteiger partial charge < -0.3 is 33.2 Å². The third-order valence-electron chi connectivity index (χ3n) is 6.49. The molecule has 1 saturated heterocycles. The molecule has 4 rings (SSSR count). The van der Waals surface area contributed by atoms with Crippen LogP contribution in [0.15, 0.2) is 57.3 Å². The summed E-state index contributed by atoms with van der Waals surface area (Å²) in [6.07, 6.45) is 4.54. The Balaban J connectivity index is 1.63. The summed E-state index contributed by atoms with van der Waals surface area (Å²) in [6, 6.07) is 10.1. The molecule has 37 heavy (non-hydrogen) atoms. The van der Waals surface area contributed by atoms with Crippen LogP contribution in [0.2, 0.25) is 0 Å². The number of methoxy groups -OCH3 is 2. The predicted octanol–water partition coefficient (Wildman–Crippen LogP) is 5.58. The molecular formula is C29H34O8. The Labute approximate surface area is 216 Å². The third kappa shape index (κ3) is 6.33. The van der Waals surface area contributed by atoms with E-state index in [9.17, 15) is 9.90 Å². The lowest BCUT2D eigenvalue weighted by atomic mass is 10.00. The number of phenolic OH excluding ortho intramolecular Hbond substituents is 1. The van der Waals surface area contributed by atoms with Gasteiger partial charge in [0.1, 0.15) is 34.0 Å². The highest BCUT2D eigenvalue weighted by atomic mass is 16.7. The maximum absolute atomic E-state index is 13.1. The molecule has 8 nitrogen and oxygen atoms in total. The van der Waals surface area contributed by atoms with Crippen LogP contribution in [-0.2, 0) is 20.6 Å². The molecule has 0 spiro atoms. The molecule has 3 aromatic rings. The predicted molar refractivity (Wildman–Crippen MR) is 140 cm³/mol. The van der Waals surface area contributed by atoms with Crippen molar-refractivity contribution >= 4 is 11.0 Å². The summed E-state index contributed by atoms with van der Waals surface area (Å²) >= 11 is 0. The van der Waals surface area contributed by atoms with Crippen molar-refractivity contribution in [3.05, 3.63) is 63.8 Å². The summed E-state index contributed by atoms with van der Waals surface area (Å²) < 4.78 is 32.9. The molecule has 1 fully saturated rings. The Hall–Kier alpha value is -3.33. The number of fused-ring (bicyclic) bond motifs is 1. The van der Waals surface area contributed by atoms with Crippen LogP contribution in [-0.4, -0.2) is 44.6 Å². The molecule has 0 saturated carbocycles. The van der Waals surface area contributed by atoms with E-state index >= 15 is 0 Å². The third-order valence-corrected chi connectivity index (χ3v) is 6.49. The molecule has 1 aromatic heterocycles. The molecule has 2 heterocycles. The van der Waals surface area contributed by atoms with E-state index in [4.69, 9.17) is 28.1 Å². The van der Waals surface area contributed by atoms with Crippen molar-refractivity contribution in [3.63, 3.8) is 0 Å². The van der Waals surface area contributed by atoms with E-state index in [-0.39, 0.29) is 47.4 Å². The van der Waals surface area contributed by atoms with Crippen LogP contribution in [0.4, 0.5) is 0 Å². The van der Waals surface area contributed by atoms with Gasteiger partial charge in [0, 0.05) is 37.5 Å². The van der Waals surface area contributed by atoms with Crippen LogP contribution in [0.3, 0.4) is 0 Å². The van der Waals surface area contributed by atoms with Gasteiger partial charge in [0.25, 0.3) is 0 Å². The van der Waals surface area contributed by atoms with E-state index in [0.717, 1.165) is 12.8 Å². The van der Waals surface area contributed by atoms with Gasteiger partial charge in [-0.25, -0.2) is 0 Å². The fourth-order valence-corrected chi connectivity index (χ4v) is 4.23. The summed E-state index contributed by atoms with van der Waals surface area (Å²) in [4.78, 5) is 13.1. The molecule has 0 radical (unpaired) electrons. The van der Waals surface area contributed by atoms with E-state index in [1.807, 2.05) is 6.08 Å². The minimum atomic E-state index is -0.346. The van der Waals surface area contributed by atoms with Crippen LogP contribution in [0.1, 0.15) is 39.2 Å². The summed E-state index contributed by atoms with van der Waals surface area (Å²) in [5, 5.41) is 11.3. The first kappa shape index (κ1) is 26.7. The number of ether oxygens (including phenoxy) is 5. The first-order valence-corrected chi connectivity index (χ1v) is 12.2. The van der Waals surface area contributed by atoms with E-state index < -0.39 is 0 Å². The highest BCUT2D eigenvalue weighted by Gasteiger charge is 2.46. The Kier molecular flexibility index (Phi) is 8.22. The second-order valence-corrected chi connectivity index (χ2v) is 9.68.